The molecule has 0 radical (unpaired) electrons. The lowest BCUT2D eigenvalue weighted by Crippen LogP contribution is -2.31. The minimum Gasteiger partial charge on any atom is -0.465 e. The quantitative estimate of drug-likeness (QED) is 0.104. The Morgan fingerprint density at radius 1 is 0.977 bits per heavy atom. The van der Waals surface area contributed by atoms with Crippen molar-refractivity contribution in [3.8, 4) is 22.5 Å². The van der Waals surface area contributed by atoms with E-state index in [2.05, 4.69) is 0 Å². The van der Waals surface area contributed by atoms with Crippen LogP contribution in [-0.4, -0.2) is 33.5 Å². The topological polar surface area (TPSA) is 108 Å². The number of para-hydroxylation sites is 2. The van der Waals surface area contributed by atoms with Crippen LogP contribution in [0.15, 0.2) is 84.9 Å². The number of anilines is 1. The average Bonchev–Trinajstić information content (AvgIpc) is 3.36. The molecule has 0 N–H and O–H groups in total. The van der Waals surface area contributed by atoms with E-state index in [1.165, 1.54) is 18.1 Å². The number of esters is 1. The Kier molecular flexibility index (Phi) is 8.34. The SMILES string of the molecule is CCCC(=O)N(Cc1ccc(-c2ccccc2C(=O)OC)cc1)c1c(C)cc(-c2nc3ccccc3n2C)cc1[N+](=O)[O-]. The number of amides is 1. The van der Waals surface area contributed by atoms with Crippen molar-refractivity contribution in [1.29, 1.82) is 0 Å². The van der Waals surface area contributed by atoms with Gasteiger partial charge in [-0.05, 0) is 59.9 Å². The molecule has 0 saturated carbocycles. The van der Waals surface area contributed by atoms with Crippen molar-refractivity contribution < 1.29 is 19.2 Å². The number of fused-ring (bicyclic) bond motifs is 1. The van der Waals surface area contributed by atoms with E-state index < -0.39 is 10.9 Å². The molecule has 0 unspecified atom stereocenters. The van der Waals surface area contributed by atoms with Gasteiger partial charge in [0.1, 0.15) is 11.5 Å². The first-order valence-electron chi connectivity index (χ1n) is 14.0. The number of benzene rings is 4. The smallest absolute Gasteiger partial charge is 0.338 e. The normalized spacial score (nSPS) is 11.0. The van der Waals surface area contributed by atoms with Gasteiger partial charge in [0.2, 0.25) is 5.91 Å². The van der Waals surface area contributed by atoms with Crippen LogP contribution >= 0.6 is 0 Å². The number of methoxy groups -OCH3 is 1. The molecule has 1 amide bonds. The molecular formula is C34H32N4O5. The second-order valence-corrected chi connectivity index (χ2v) is 10.4. The molecule has 5 aromatic rings. The summed E-state index contributed by atoms with van der Waals surface area (Å²) in [5, 5.41) is 12.5. The van der Waals surface area contributed by atoms with Crippen molar-refractivity contribution in [1.82, 2.24) is 9.55 Å². The van der Waals surface area contributed by atoms with E-state index in [0.29, 0.717) is 28.9 Å². The third kappa shape index (κ3) is 5.74. The summed E-state index contributed by atoms with van der Waals surface area (Å²) in [6.45, 7) is 3.83. The molecule has 0 aliphatic rings. The Morgan fingerprint density at radius 3 is 2.35 bits per heavy atom. The molecule has 0 aliphatic heterocycles. The highest BCUT2D eigenvalue weighted by atomic mass is 16.6. The van der Waals surface area contributed by atoms with Crippen LogP contribution in [0.3, 0.4) is 0 Å². The molecule has 0 saturated heterocycles. The monoisotopic (exact) mass is 576 g/mol. The van der Waals surface area contributed by atoms with Crippen LogP contribution in [-0.2, 0) is 23.1 Å². The molecule has 0 spiro atoms. The molecule has 218 valence electrons. The van der Waals surface area contributed by atoms with Crippen LogP contribution in [0.5, 0.6) is 0 Å². The van der Waals surface area contributed by atoms with Crippen molar-refractivity contribution >= 4 is 34.3 Å². The van der Waals surface area contributed by atoms with Crippen LogP contribution in [0.25, 0.3) is 33.5 Å². The summed E-state index contributed by atoms with van der Waals surface area (Å²) < 4.78 is 6.84. The van der Waals surface area contributed by atoms with Crippen LogP contribution in [0.1, 0.15) is 41.3 Å². The number of rotatable bonds is 9. The van der Waals surface area contributed by atoms with E-state index >= 15 is 0 Å². The van der Waals surface area contributed by atoms with Gasteiger partial charge in [0, 0.05) is 25.1 Å². The largest absolute Gasteiger partial charge is 0.465 e. The molecule has 1 aromatic heterocycles. The van der Waals surface area contributed by atoms with Crippen molar-refractivity contribution in [2.24, 2.45) is 7.05 Å². The maximum Gasteiger partial charge on any atom is 0.338 e. The number of aromatic nitrogens is 2. The molecule has 1 heterocycles. The van der Waals surface area contributed by atoms with Gasteiger partial charge < -0.3 is 14.2 Å². The van der Waals surface area contributed by atoms with Gasteiger partial charge in [-0.1, -0.05) is 61.5 Å². The van der Waals surface area contributed by atoms with Gasteiger partial charge in [-0.15, -0.1) is 0 Å². The molecule has 43 heavy (non-hydrogen) atoms. The van der Waals surface area contributed by atoms with Gasteiger partial charge in [-0.2, -0.15) is 0 Å². The zero-order chi connectivity index (χ0) is 30.7. The maximum absolute atomic E-state index is 13.5. The lowest BCUT2D eigenvalue weighted by Gasteiger charge is -2.25. The molecule has 4 aromatic carbocycles. The number of carbonyl (C=O) groups excluding carboxylic acids is 2. The van der Waals surface area contributed by atoms with E-state index in [4.69, 9.17) is 9.72 Å². The summed E-state index contributed by atoms with van der Waals surface area (Å²) in [6.07, 6.45) is 0.844. The minimum atomic E-state index is -0.437. The Bertz CT molecular complexity index is 1840. The van der Waals surface area contributed by atoms with Crippen LogP contribution in [0.2, 0.25) is 0 Å². The fourth-order valence-electron chi connectivity index (χ4n) is 5.42. The number of carbonyl (C=O) groups is 2. The third-order valence-corrected chi connectivity index (χ3v) is 7.50. The average molecular weight is 577 g/mol. The van der Waals surface area contributed by atoms with E-state index in [1.54, 1.807) is 19.1 Å². The van der Waals surface area contributed by atoms with E-state index in [1.807, 2.05) is 85.3 Å². The first-order valence-corrected chi connectivity index (χ1v) is 14.0. The van der Waals surface area contributed by atoms with Gasteiger partial charge in [-0.3, -0.25) is 14.9 Å². The predicted octanol–water partition coefficient (Wildman–Crippen LogP) is 7.24. The zero-order valence-corrected chi connectivity index (χ0v) is 24.5. The lowest BCUT2D eigenvalue weighted by atomic mass is 9.98. The molecule has 0 aliphatic carbocycles. The lowest BCUT2D eigenvalue weighted by molar-refractivity contribution is -0.384. The standard InChI is InChI=1S/C34H32N4O5/c1-5-10-31(39)37(21-23-15-17-24(18-16-23)26-11-6-7-12-27(26)34(40)43-4)32-22(2)19-25(20-30(32)38(41)42)33-35-28-13-8-9-14-29(28)36(33)3/h6-9,11-20H,5,10,21H2,1-4H3. The zero-order valence-electron chi connectivity index (χ0n) is 24.5. The van der Waals surface area contributed by atoms with E-state index in [0.717, 1.165) is 27.7 Å². The number of nitro groups is 1. The Morgan fingerprint density at radius 2 is 1.67 bits per heavy atom. The van der Waals surface area contributed by atoms with Gasteiger partial charge >= 0.3 is 5.97 Å². The molecule has 0 fully saturated rings. The fourth-order valence-corrected chi connectivity index (χ4v) is 5.42. The Labute approximate surface area is 249 Å². The van der Waals surface area contributed by atoms with Gasteiger partial charge in [-0.25, -0.2) is 9.78 Å². The summed E-state index contributed by atoms with van der Waals surface area (Å²) in [4.78, 5) is 44.0. The van der Waals surface area contributed by atoms with Crippen molar-refractivity contribution in [2.75, 3.05) is 12.0 Å². The highest BCUT2D eigenvalue weighted by Gasteiger charge is 2.28. The maximum atomic E-state index is 13.5. The van der Waals surface area contributed by atoms with Gasteiger partial charge in [0.05, 0.1) is 35.2 Å². The van der Waals surface area contributed by atoms with Crippen LogP contribution in [0, 0.1) is 17.0 Å². The third-order valence-electron chi connectivity index (χ3n) is 7.50. The summed E-state index contributed by atoms with van der Waals surface area (Å²) in [7, 11) is 3.22. The molecule has 5 rings (SSSR count). The minimum absolute atomic E-state index is 0.144. The molecule has 9 heteroatoms. The summed E-state index contributed by atoms with van der Waals surface area (Å²) in [5.74, 6) is -0.0293. The summed E-state index contributed by atoms with van der Waals surface area (Å²) >= 11 is 0. The highest BCUT2D eigenvalue weighted by Crippen LogP contribution is 2.38. The Balaban J connectivity index is 1.55. The molecule has 0 bridgehead atoms. The number of imidazole rings is 1. The van der Waals surface area contributed by atoms with E-state index in [-0.39, 0.29) is 30.2 Å². The number of nitro benzene ring substituents is 1. The first-order chi connectivity index (χ1) is 20.7. The van der Waals surface area contributed by atoms with Crippen molar-refractivity contribution in [3.05, 3.63) is 112 Å². The number of hydrogen-bond donors (Lipinski definition) is 0. The van der Waals surface area contributed by atoms with Crippen LogP contribution < -0.4 is 4.90 Å². The van der Waals surface area contributed by atoms with Crippen LogP contribution in [0.4, 0.5) is 11.4 Å². The molecule has 9 nitrogen and oxygen atoms in total. The highest BCUT2D eigenvalue weighted by molar-refractivity contribution is 5.98. The molecule has 0 atom stereocenters. The van der Waals surface area contributed by atoms with Gasteiger partial charge in [0.25, 0.3) is 5.69 Å². The van der Waals surface area contributed by atoms with Crippen molar-refractivity contribution in [2.45, 2.75) is 33.2 Å². The van der Waals surface area contributed by atoms with Crippen molar-refractivity contribution in [3.63, 3.8) is 0 Å². The fraction of sp³-hybridized carbons (Fsp3) is 0.206. The second kappa shape index (κ2) is 12.3. The predicted molar refractivity (Wildman–Crippen MR) is 167 cm³/mol. The Hall–Kier alpha value is -5.31. The number of ether oxygens (including phenoxy) is 1. The second-order valence-electron chi connectivity index (χ2n) is 10.4. The number of nitrogens with zero attached hydrogens (tertiary/aromatic N) is 4. The first kappa shape index (κ1) is 29.2. The van der Waals surface area contributed by atoms with E-state index in [9.17, 15) is 19.7 Å². The summed E-state index contributed by atoms with van der Waals surface area (Å²) in [5.41, 5.74) is 5.80. The number of hydrogen-bond acceptors (Lipinski definition) is 6. The summed E-state index contributed by atoms with van der Waals surface area (Å²) in [6, 6.07) is 25.7. The molecular weight excluding hydrogens is 544 g/mol. The number of aryl methyl sites for hydroxylation is 2. The van der Waals surface area contributed by atoms with Gasteiger partial charge in [0.15, 0.2) is 0 Å².